The number of nitrogens with one attached hydrogen (secondary N) is 3. The SMILES string of the molecule is COc1ccc(-c2c(C)nc3c(N4CC[C@@H](NC(=O)C(F)(F)F)C4)cc(C)nn23)cc1OC.COc1ccc(-c2c(C)nc3c(N4CC[C@@H](NC(=O)COc5ccccc5)C4)cc(C)nn23)cc1OC.COc1ccc(-c2c(C)nc3c(N4CC[C@@H](NC(=O)Cc5ccccc5)C4)cc(C)nn23)cc1OC. The van der Waals surface area contributed by atoms with Gasteiger partial charge in [-0.25, -0.2) is 28.5 Å². The summed E-state index contributed by atoms with van der Waals surface area (Å²) < 4.78 is 81.6. The molecule has 11 aromatic rings. The molecule has 3 saturated heterocycles. The number of ether oxygens (including phenoxy) is 7. The van der Waals surface area contributed by atoms with Crippen LogP contribution in [0.2, 0.25) is 0 Å². The molecule has 0 radical (unpaired) electrons. The van der Waals surface area contributed by atoms with E-state index in [2.05, 4.69) is 43.0 Å². The summed E-state index contributed by atoms with van der Waals surface area (Å²) in [6.07, 6.45) is -2.38. The zero-order valence-electron chi connectivity index (χ0n) is 61.3. The highest BCUT2D eigenvalue weighted by atomic mass is 19.4. The molecule has 3 atom stereocenters. The smallest absolute Gasteiger partial charge is 0.471 e. The van der Waals surface area contributed by atoms with Gasteiger partial charge in [0.2, 0.25) is 5.91 Å². The number of para-hydroxylation sites is 1. The lowest BCUT2D eigenvalue weighted by Crippen LogP contribution is -2.44. The number of halogens is 3. The van der Waals surface area contributed by atoms with Gasteiger partial charge in [-0.2, -0.15) is 28.5 Å². The van der Waals surface area contributed by atoms with E-state index < -0.39 is 18.1 Å². The van der Waals surface area contributed by atoms with Crippen molar-refractivity contribution in [2.24, 2.45) is 0 Å². The summed E-state index contributed by atoms with van der Waals surface area (Å²) in [5.41, 5.74) is 16.3. The van der Waals surface area contributed by atoms with E-state index in [1.165, 1.54) is 0 Å². The lowest BCUT2D eigenvalue weighted by molar-refractivity contribution is -0.174. The molecule has 14 rings (SSSR count). The van der Waals surface area contributed by atoms with Crippen molar-refractivity contribution in [1.29, 1.82) is 0 Å². The van der Waals surface area contributed by atoms with Crippen molar-refractivity contribution in [2.75, 3.05) is 103 Å². The minimum Gasteiger partial charge on any atom is -0.493 e. The van der Waals surface area contributed by atoms with E-state index in [0.29, 0.717) is 71.8 Å². The first-order chi connectivity index (χ1) is 51.0. The third kappa shape index (κ3) is 16.2. The number of methoxy groups -OCH3 is 6. The monoisotopic (exact) mass is 1450 g/mol. The summed E-state index contributed by atoms with van der Waals surface area (Å²) in [6.45, 7) is 15.5. The van der Waals surface area contributed by atoms with E-state index in [0.717, 1.165) is 134 Å². The molecular formula is C78H86F3N15O10. The number of carbonyl (C=O) groups excluding carboxylic acids is 3. The molecule has 0 spiro atoms. The summed E-state index contributed by atoms with van der Waals surface area (Å²) >= 11 is 0. The molecular weight excluding hydrogens is 1360 g/mol. The molecule has 0 bridgehead atoms. The fraction of sp³-hybridized carbons (Fsp3) is 0.346. The van der Waals surface area contributed by atoms with Crippen LogP contribution < -0.4 is 63.8 Å². The summed E-state index contributed by atoms with van der Waals surface area (Å²) in [6, 6.07) is 41.9. The van der Waals surface area contributed by atoms with Crippen LogP contribution in [-0.2, 0) is 20.8 Å². The number of anilines is 3. The molecule has 0 unspecified atom stereocenters. The normalized spacial score (nSPS) is 15.6. The molecule has 0 saturated carbocycles. The van der Waals surface area contributed by atoms with Crippen LogP contribution in [0.15, 0.2) is 133 Å². The standard InChI is InChI=1S/C28H31N5O4.C28H31N5O3.C22H24F3N5O3/c1-18-14-23(32-13-12-21(16-32)30-26(34)17-37-22-8-6-5-7-9-22)28-29-19(2)27(33(28)31-18)20-10-11-24(35-3)25(15-20)36-4;1-18-14-23(32-13-12-22(17-32)30-26(34)15-20-8-6-5-7-9-20)28-29-19(2)27(33(28)31-18)21-10-11-24(35-3)25(16-21)36-4;1-12-9-16(29-8-7-15(11-29)27-21(31)22(23,24)25)20-26-13(2)19(30(20)28-12)14-5-6-17(32-3)18(10-14)33-4/h5-11,14-15,21H,12-13,16-17H2,1-4H3,(H,30,34);5-11,14,16,22H,12-13,15,17H2,1-4H3,(H,30,34);5-6,9-10,15H,7-8,11H2,1-4H3,(H,27,31)/t21-;22-;15-/m111/s1. The Kier molecular flexibility index (Phi) is 22.3. The van der Waals surface area contributed by atoms with E-state index in [4.69, 9.17) is 58.3 Å². The number of hydrogen-bond donors (Lipinski definition) is 3. The van der Waals surface area contributed by atoms with Crippen LogP contribution in [0.5, 0.6) is 40.2 Å². The number of carbonyl (C=O) groups is 3. The first-order valence-corrected chi connectivity index (χ1v) is 34.8. The van der Waals surface area contributed by atoms with Gasteiger partial charge >= 0.3 is 12.1 Å². The summed E-state index contributed by atoms with van der Waals surface area (Å²) in [7, 11) is 9.63. The van der Waals surface area contributed by atoms with Crippen molar-refractivity contribution >= 4 is 51.7 Å². The number of hydrogen-bond acceptors (Lipinski definition) is 19. The maximum atomic E-state index is 12.6. The zero-order chi connectivity index (χ0) is 75.1. The van der Waals surface area contributed by atoms with Crippen molar-refractivity contribution in [1.82, 2.24) is 59.7 Å². The number of rotatable bonds is 20. The van der Waals surface area contributed by atoms with Crippen molar-refractivity contribution in [2.45, 2.75) is 91.5 Å². The minimum absolute atomic E-state index is 0.00669. The molecule has 25 nitrogen and oxygen atoms in total. The van der Waals surface area contributed by atoms with Crippen LogP contribution in [0.25, 0.3) is 50.7 Å². The van der Waals surface area contributed by atoms with Crippen molar-refractivity contribution in [3.63, 3.8) is 0 Å². The fourth-order valence-electron chi connectivity index (χ4n) is 13.9. The predicted octanol–water partition coefficient (Wildman–Crippen LogP) is 11.1. The number of benzene rings is 5. The van der Waals surface area contributed by atoms with Gasteiger partial charge in [0.1, 0.15) is 5.75 Å². The summed E-state index contributed by atoms with van der Waals surface area (Å²) in [4.78, 5) is 57.4. The van der Waals surface area contributed by atoms with Crippen LogP contribution in [-0.4, -0.2) is 174 Å². The number of aryl methyl sites for hydroxylation is 6. The second kappa shape index (κ2) is 32.0. The average Bonchev–Trinajstić information content (AvgIpc) is 1.61. The summed E-state index contributed by atoms with van der Waals surface area (Å²) in [5, 5.41) is 22.6. The molecule has 6 aromatic heterocycles. The first-order valence-electron chi connectivity index (χ1n) is 34.8. The zero-order valence-corrected chi connectivity index (χ0v) is 61.3. The van der Waals surface area contributed by atoms with Gasteiger partial charge in [-0.3, -0.25) is 14.4 Å². The van der Waals surface area contributed by atoms with E-state index in [1.807, 2.05) is 171 Å². The fourth-order valence-corrected chi connectivity index (χ4v) is 13.9. The Balaban J connectivity index is 0.000000149. The Bertz CT molecular complexity index is 5010. The average molecular weight is 1450 g/mol. The van der Waals surface area contributed by atoms with Gasteiger partial charge in [0.15, 0.2) is 58.0 Å². The molecule has 3 N–H and O–H groups in total. The highest BCUT2D eigenvalue weighted by Crippen LogP contribution is 2.40. The Labute approximate surface area is 611 Å². The van der Waals surface area contributed by atoms with Gasteiger partial charge in [0, 0.05) is 74.1 Å². The van der Waals surface area contributed by atoms with Gasteiger partial charge in [-0.1, -0.05) is 48.5 Å². The van der Waals surface area contributed by atoms with Crippen LogP contribution in [0.4, 0.5) is 30.2 Å². The lowest BCUT2D eigenvalue weighted by Gasteiger charge is -2.20. The maximum Gasteiger partial charge on any atom is 0.471 e. The predicted molar refractivity (Wildman–Crippen MR) is 397 cm³/mol. The van der Waals surface area contributed by atoms with Crippen LogP contribution in [0, 0.1) is 41.5 Å². The molecule has 9 heterocycles. The molecule has 3 aliphatic heterocycles. The molecule has 554 valence electrons. The van der Waals surface area contributed by atoms with E-state index in [1.54, 1.807) is 53.2 Å². The number of amides is 3. The number of nitrogens with zero attached hydrogens (tertiary/aromatic N) is 12. The Hall–Kier alpha value is -11.8. The topological polar surface area (TPSA) is 252 Å². The van der Waals surface area contributed by atoms with E-state index in [-0.39, 0.29) is 37.0 Å². The molecule has 3 aliphatic rings. The number of alkyl halides is 3. The highest BCUT2D eigenvalue weighted by molar-refractivity contribution is 5.84. The van der Waals surface area contributed by atoms with Gasteiger partial charge in [0.25, 0.3) is 5.91 Å². The number of aromatic nitrogens is 9. The Morgan fingerprint density at radius 1 is 0.434 bits per heavy atom. The summed E-state index contributed by atoms with van der Waals surface area (Å²) in [5.74, 6) is 2.51. The molecule has 28 heteroatoms. The first kappa shape index (κ1) is 73.9. The Morgan fingerprint density at radius 3 is 1.12 bits per heavy atom. The Morgan fingerprint density at radius 2 is 0.774 bits per heavy atom. The van der Waals surface area contributed by atoms with Crippen LogP contribution in [0.1, 0.15) is 59.0 Å². The maximum absolute atomic E-state index is 12.6. The van der Waals surface area contributed by atoms with Crippen LogP contribution >= 0.6 is 0 Å². The second-order valence-electron chi connectivity index (χ2n) is 26.2. The number of imidazole rings is 3. The highest BCUT2D eigenvalue weighted by Gasteiger charge is 2.41. The van der Waals surface area contributed by atoms with Gasteiger partial charge in [0.05, 0.1) is 117 Å². The van der Waals surface area contributed by atoms with Crippen LogP contribution in [0.3, 0.4) is 0 Å². The second-order valence-corrected chi connectivity index (χ2v) is 26.2. The molecule has 3 fully saturated rings. The van der Waals surface area contributed by atoms with Crippen molar-refractivity contribution < 1.29 is 60.7 Å². The van der Waals surface area contributed by atoms with Gasteiger partial charge < -0.3 is 63.8 Å². The van der Waals surface area contributed by atoms with Crippen molar-refractivity contribution in [3.05, 3.63) is 173 Å². The molecule has 3 amide bonds. The third-order valence-corrected chi connectivity index (χ3v) is 18.8. The van der Waals surface area contributed by atoms with Crippen molar-refractivity contribution in [3.8, 4) is 74.0 Å². The molecule has 5 aromatic carbocycles. The van der Waals surface area contributed by atoms with E-state index in [9.17, 15) is 27.6 Å². The lowest BCUT2D eigenvalue weighted by atomic mass is 10.1. The van der Waals surface area contributed by atoms with E-state index >= 15 is 0 Å². The number of fused-ring (bicyclic) bond motifs is 3. The quantitative estimate of drug-likeness (QED) is 0.0641. The minimum atomic E-state index is -4.90. The molecule has 0 aliphatic carbocycles. The van der Waals surface area contributed by atoms with Gasteiger partial charge in [-0.05, 0) is 151 Å². The third-order valence-electron chi connectivity index (χ3n) is 18.8. The largest absolute Gasteiger partial charge is 0.493 e. The molecule has 106 heavy (non-hydrogen) atoms. The van der Waals surface area contributed by atoms with Gasteiger partial charge in [-0.15, -0.1) is 0 Å².